The summed E-state index contributed by atoms with van der Waals surface area (Å²) in [6, 6.07) is 8.12. The van der Waals surface area contributed by atoms with Crippen LogP contribution in [0.1, 0.15) is 49.7 Å². The van der Waals surface area contributed by atoms with Gasteiger partial charge in [-0.25, -0.2) is 4.79 Å². The highest BCUT2D eigenvalue weighted by Crippen LogP contribution is 2.20. The molecule has 0 unspecified atom stereocenters. The zero-order valence-electron chi connectivity index (χ0n) is 16.5. The van der Waals surface area contributed by atoms with Crippen LogP contribution in [0.5, 0.6) is 0 Å². The molecule has 0 atom stereocenters. The molecule has 0 aliphatic carbocycles. The number of aromatic amines is 1. The molecule has 0 fully saturated rings. The molecule has 7 heteroatoms. The first-order valence-corrected chi connectivity index (χ1v) is 9.61. The first kappa shape index (κ1) is 19.7. The number of amides is 1. The van der Waals surface area contributed by atoms with Gasteiger partial charge in [0.1, 0.15) is 0 Å². The van der Waals surface area contributed by atoms with Gasteiger partial charge in [0.15, 0.2) is 5.69 Å². The van der Waals surface area contributed by atoms with Crippen LogP contribution in [0.25, 0.3) is 10.9 Å². The smallest absolute Gasteiger partial charge is 0.361 e. The van der Waals surface area contributed by atoms with Crippen LogP contribution in [-0.2, 0) is 22.5 Å². The number of nitrogens with zero attached hydrogens (tertiary/aromatic N) is 2. The molecule has 0 saturated carbocycles. The third-order valence-electron chi connectivity index (χ3n) is 4.42. The Hall–Kier alpha value is -3.09. The van der Waals surface area contributed by atoms with Crippen LogP contribution in [0.3, 0.4) is 0 Å². The number of hydrogen-bond acceptors (Lipinski definition) is 4. The number of H-pyrrole nitrogens is 1. The van der Waals surface area contributed by atoms with Gasteiger partial charge in [0.25, 0.3) is 0 Å². The fourth-order valence-electron chi connectivity index (χ4n) is 3.09. The summed E-state index contributed by atoms with van der Waals surface area (Å²) >= 11 is 0. The van der Waals surface area contributed by atoms with E-state index in [4.69, 9.17) is 4.74 Å². The first-order valence-electron chi connectivity index (χ1n) is 9.61. The highest BCUT2D eigenvalue weighted by molar-refractivity contribution is 5.99. The van der Waals surface area contributed by atoms with Crippen molar-refractivity contribution in [1.29, 1.82) is 0 Å². The maximum Gasteiger partial charge on any atom is 0.361 e. The maximum atomic E-state index is 12.4. The van der Waals surface area contributed by atoms with Crippen molar-refractivity contribution in [2.75, 3.05) is 5.32 Å². The molecule has 1 aromatic carbocycles. The lowest BCUT2D eigenvalue weighted by molar-refractivity contribution is -0.116. The number of anilines is 1. The molecular weight excluding hydrogens is 356 g/mol. The predicted octanol–water partition coefficient (Wildman–Crippen LogP) is 3.91. The maximum absolute atomic E-state index is 12.4. The number of fused-ring (bicyclic) bond motifs is 1. The van der Waals surface area contributed by atoms with Gasteiger partial charge in [-0.3, -0.25) is 9.48 Å². The molecule has 1 amide bonds. The summed E-state index contributed by atoms with van der Waals surface area (Å²) in [5.74, 6) is -0.676. The topological polar surface area (TPSA) is 89.0 Å². The van der Waals surface area contributed by atoms with E-state index in [1.807, 2.05) is 31.3 Å². The van der Waals surface area contributed by atoms with E-state index in [9.17, 15) is 9.59 Å². The largest absolute Gasteiger partial charge is 0.458 e. The number of hydrogen-bond donors (Lipinski definition) is 2. The molecule has 0 aliphatic rings. The second kappa shape index (κ2) is 8.73. The van der Waals surface area contributed by atoms with Crippen molar-refractivity contribution in [3.8, 4) is 0 Å². The molecule has 3 aromatic rings. The van der Waals surface area contributed by atoms with Crippen LogP contribution in [0.2, 0.25) is 0 Å². The standard InChI is InChI=1S/C21H26N4O3/c1-4-25-13-18(20(24-25)21(27)28-14(2)3)23-19(26)11-7-8-15-12-22-17-10-6-5-9-16(15)17/h5-6,9-10,12-14,22H,4,7-8,11H2,1-3H3,(H,23,26). The lowest BCUT2D eigenvalue weighted by atomic mass is 10.1. The van der Waals surface area contributed by atoms with Crippen molar-refractivity contribution >= 4 is 28.5 Å². The summed E-state index contributed by atoms with van der Waals surface area (Å²) in [5, 5.41) is 8.20. The second-order valence-electron chi connectivity index (χ2n) is 6.96. The molecule has 3 rings (SSSR count). The molecule has 0 spiro atoms. The minimum atomic E-state index is -0.531. The Morgan fingerprint density at radius 2 is 2.07 bits per heavy atom. The number of ether oxygens (including phenoxy) is 1. The number of carbonyl (C=O) groups excluding carboxylic acids is 2. The van der Waals surface area contributed by atoms with Gasteiger partial charge in [-0.2, -0.15) is 5.10 Å². The first-order chi connectivity index (χ1) is 13.5. The Labute approximate surface area is 164 Å². The van der Waals surface area contributed by atoms with Gasteiger partial charge in [0.2, 0.25) is 5.91 Å². The zero-order chi connectivity index (χ0) is 20.1. The molecule has 148 valence electrons. The van der Waals surface area contributed by atoms with Gasteiger partial charge in [0.05, 0.1) is 11.8 Å². The summed E-state index contributed by atoms with van der Waals surface area (Å²) in [6.45, 7) is 6.06. The summed E-state index contributed by atoms with van der Waals surface area (Å²) in [4.78, 5) is 27.9. The molecular formula is C21H26N4O3. The Morgan fingerprint density at radius 1 is 1.29 bits per heavy atom. The van der Waals surface area contributed by atoms with Crippen LogP contribution in [0, 0.1) is 0 Å². The van der Waals surface area contributed by atoms with Crippen molar-refractivity contribution < 1.29 is 14.3 Å². The average Bonchev–Trinajstić information content (AvgIpc) is 3.25. The number of para-hydroxylation sites is 1. The minimum absolute atomic E-state index is 0.139. The summed E-state index contributed by atoms with van der Waals surface area (Å²) in [5.41, 5.74) is 2.83. The highest BCUT2D eigenvalue weighted by Gasteiger charge is 2.20. The minimum Gasteiger partial charge on any atom is -0.458 e. The van der Waals surface area contributed by atoms with Crippen LogP contribution < -0.4 is 5.32 Å². The average molecular weight is 382 g/mol. The van der Waals surface area contributed by atoms with E-state index in [2.05, 4.69) is 21.5 Å². The van der Waals surface area contributed by atoms with Crippen molar-refractivity contribution in [1.82, 2.24) is 14.8 Å². The Morgan fingerprint density at radius 3 is 2.82 bits per heavy atom. The molecule has 0 saturated heterocycles. The molecule has 0 radical (unpaired) electrons. The van der Waals surface area contributed by atoms with E-state index in [1.54, 1.807) is 24.7 Å². The number of esters is 1. The molecule has 2 aromatic heterocycles. The Kier molecular flexibility index (Phi) is 6.13. The van der Waals surface area contributed by atoms with Gasteiger partial charge in [-0.15, -0.1) is 0 Å². The fraction of sp³-hybridized carbons (Fsp3) is 0.381. The predicted molar refractivity (Wildman–Crippen MR) is 108 cm³/mol. The van der Waals surface area contributed by atoms with Gasteiger partial charge < -0.3 is 15.0 Å². The summed E-state index contributed by atoms with van der Waals surface area (Å²) in [6.07, 6.45) is 5.27. The molecule has 2 N–H and O–H groups in total. The quantitative estimate of drug-likeness (QED) is 0.578. The van der Waals surface area contributed by atoms with E-state index in [0.717, 1.165) is 11.9 Å². The Balaban J connectivity index is 1.60. The fourth-order valence-corrected chi connectivity index (χ4v) is 3.09. The van der Waals surface area contributed by atoms with Crippen molar-refractivity contribution in [3.63, 3.8) is 0 Å². The number of benzene rings is 1. The number of nitrogens with one attached hydrogen (secondary N) is 2. The normalized spacial score (nSPS) is 11.1. The van der Waals surface area contributed by atoms with Crippen LogP contribution in [0.4, 0.5) is 5.69 Å². The van der Waals surface area contributed by atoms with Gasteiger partial charge in [-0.05, 0) is 45.2 Å². The van der Waals surface area contributed by atoms with E-state index in [0.29, 0.717) is 25.1 Å². The van der Waals surface area contributed by atoms with E-state index in [1.165, 1.54) is 10.9 Å². The van der Waals surface area contributed by atoms with Crippen molar-refractivity contribution in [2.24, 2.45) is 0 Å². The monoisotopic (exact) mass is 382 g/mol. The van der Waals surface area contributed by atoms with E-state index < -0.39 is 5.97 Å². The molecule has 28 heavy (non-hydrogen) atoms. The third kappa shape index (κ3) is 4.60. The molecule has 0 aliphatic heterocycles. The van der Waals surface area contributed by atoms with Crippen molar-refractivity contribution in [2.45, 2.75) is 52.7 Å². The van der Waals surface area contributed by atoms with Gasteiger partial charge in [0, 0.05) is 36.3 Å². The number of rotatable bonds is 8. The molecule has 0 bridgehead atoms. The number of aryl methyl sites for hydroxylation is 2. The van der Waals surface area contributed by atoms with Crippen LogP contribution >= 0.6 is 0 Å². The molecule has 2 heterocycles. The Bertz CT molecular complexity index is 971. The van der Waals surface area contributed by atoms with Gasteiger partial charge in [-0.1, -0.05) is 18.2 Å². The molecule has 7 nitrogen and oxygen atoms in total. The zero-order valence-corrected chi connectivity index (χ0v) is 16.5. The SMILES string of the molecule is CCn1cc(NC(=O)CCCc2c[nH]c3ccccc23)c(C(=O)OC(C)C)n1. The van der Waals surface area contributed by atoms with Crippen LogP contribution in [-0.4, -0.2) is 32.7 Å². The van der Waals surface area contributed by atoms with E-state index in [-0.39, 0.29) is 17.7 Å². The van der Waals surface area contributed by atoms with Crippen molar-refractivity contribution in [3.05, 3.63) is 47.9 Å². The van der Waals surface area contributed by atoms with Gasteiger partial charge >= 0.3 is 5.97 Å². The summed E-state index contributed by atoms with van der Waals surface area (Å²) < 4.78 is 6.83. The van der Waals surface area contributed by atoms with E-state index >= 15 is 0 Å². The number of aromatic nitrogens is 3. The summed E-state index contributed by atoms with van der Waals surface area (Å²) in [7, 11) is 0. The van der Waals surface area contributed by atoms with Crippen LogP contribution in [0.15, 0.2) is 36.7 Å². The highest BCUT2D eigenvalue weighted by atomic mass is 16.5. The lowest BCUT2D eigenvalue weighted by Crippen LogP contribution is -2.17. The third-order valence-corrected chi connectivity index (χ3v) is 4.42. The second-order valence-corrected chi connectivity index (χ2v) is 6.96. The lowest BCUT2D eigenvalue weighted by Gasteiger charge is -2.08. The number of carbonyl (C=O) groups is 2.